The zero-order chi connectivity index (χ0) is 23.7. The molecule has 0 bridgehead atoms. The van der Waals surface area contributed by atoms with E-state index in [9.17, 15) is 15.0 Å². The van der Waals surface area contributed by atoms with Crippen LogP contribution in [0.5, 0.6) is 11.5 Å². The lowest BCUT2D eigenvalue weighted by Gasteiger charge is -2.12. The van der Waals surface area contributed by atoms with Crippen molar-refractivity contribution >= 4 is 5.97 Å². The molecule has 0 aliphatic heterocycles. The summed E-state index contributed by atoms with van der Waals surface area (Å²) in [7, 11) is 0. The number of phenols is 2. The molecule has 182 valence electrons. The molecule has 0 heterocycles. The Kier molecular flexibility index (Phi) is 13.1. The molecule has 0 spiro atoms. The van der Waals surface area contributed by atoms with Crippen LogP contribution in [0, 0.1) is 0 Å². The van der Waals surface area contributed by atoms with Crippen molar-refractivity contribution in [1.82, 2.24) is 0 Å². The first-order valence-corrected chi connectivity index (χ1v) is 12.9. The van der Waals surface area contributed by atoms with Gasteiger partial charge in [0.05, 0.1) is 0 Å². The topological polar surface area (TPSA) is 66.8 Å². The molecule has 0 unspecified atom stereocenters. The summed E-state index contributed by atoms with van der Waals surface area (Å²) in [6.45, 7) is 2.41. The van der Waals surface area contributed by atoms with E-state index in [-0.39, 0.29) is 23.7 Å². The van der Waals surface area contributed by atoms with Crippen LogP contribution in [0.15, 0.2) is 42.5 Å². The maximum Gasteiger partial charge on any atom is 0.342 e. The Labute approximate surface area is 200 Å². The molecule has 0 saturated heterocycles. The lowest BCUT2D eigenvalue weighted by atomic mass is 9.98. The fourth-order valence-electron chi connectivity index (χ4n) is 4.23. The standard InChI is InChI=1S/C29H42O4/c1-2-3-4-5-6-7-8-9-10-11-12-13-17-20-25-21-26(30)22-27(31)28(25)29(32)33-23-24-18-15-14-16-19-24/h14-16,18-19,21-22,30-31H,2-13,17,20,23H2,1H3. The average Bonchev–Trinajstić information content (AvgIpc) is 2.81. The Morgan fingerprint density at radius 1 is 0.758 bits per heavy atom. The summed E-state index contributed by atoms with van der Waals surface area (Å²) >= 11 is 0. The molecule has 2 N–H and O–H groups in total. The monoisotopic (exact) mass is 454 g/mol. The van der Waals surface area contributed by atoms with Gasteiger partial charge in [-0.2, -0.15) is 0 Å². The maximum atomic E-state index is 12.6. The summed E-state index contributed by atoms with van der Waals surface area (Å²) in [6.07, 6.45) is 17.2. The number of carbonyl (C=O) groups is 1. The number of hydrogen-bond acceptors (Lipinski definition) is 4. The van der Waals surface area contributed by atoms with E-state index >= 15 is 0 Å². The van der Waals surface area contributed by atoms with Crippen LogP contribution in [-0.2, 0) is 17.8 Å². The minimum atomic E-state index is -0.555. The summed E-state index contributed by atoms with van der Waals surface area (Å²) in [5.74, 6) is -0.810. The predicted molar refractivity (Wildman–Crippen MR) is 135 cm³/mol. The third-order valence-electron chi connectivity index (χ3n) is 6.15. The molecule has 0 aromatic heterocycles. The largest absolute Gasteiger partial charge is 0.508 e. The molecule has 2 aromatic rings. The van der Waals surface area contributed by atoms with Gasteiger partial charge < -0.3 is 14.9 Å². The number of unbranched alkanes of at least 4 members (excludes halogenated alkanes) is 12. The minimum absolute atomic E-state index is 0.0307. The summed E-state index contributed by atoms with van der Waals surface area (Å²) < 4.78 is 5.41. The van der Waals surface area contributed by atoms with Crippen molar-refractivity contribution in [3.63, 3.8) is 0 Å². The van der Waals surface area contributed by atoms with Gasteiger partial charge in [0, 0.05) is 6.07 Å². The third-order valence-corrected chi connectivity index (χ3v) is 6.15. The van der Waals surface area contributed by atoms with E-state index in [0.717, 1.165) is 18.4 Å². The first kappa shape index (κ1) is 26.8. The lowest BCUT2D eigenvalue weighted by Crippen LogP contribution is -2.09. The van der Waals surface area contributed by atoms with Crippen LogP contribution in [0.2, 0.25) is 0 Å². The van der Waals surface area contributed by atoms with Gasteiger partial charge in [-0.15, -0.1) is 0 Å². The van der Waals surface area contributed by atoms with E-state index < -0.39 is 5.97 Å². The number of benzene rings is 2. The predicted octanol–water partition coefficient (Wildman–Crippen LogP) is 8.09. The van der Waals surface area contributed by atoms with Crippen LogP contribution in [0.25, 0.3) is 0 Å². The fraction of sp³-hybridized carbons (Fsp3) is 0.552. The van der Waals surface area contributed by atoms with Crippen molar-refractivity contribution in [1.29, 1.82) is 0 Å². The van der Waals surface area contributed by atoms with Gasteiger partial charge in [-0.05, 0) is 30.0 Å². The van der Waals surface area contributed by atoms with Crippen LogP contribution in [-0.4, -0.2) is 16.2 Å². The number of aryl methyl sites for hydroxylation is 1. The van der Waals surface area contributed by atoms with E-state index in [2.05, 4.69) is 6.92 Å². The van der Waals surface area contributed by atoms with E-state index in [4.69, 9.17) is 4.74 Å². The third kappa shape index (κ3) is 10.8. The Bertz CT molecular complexity index is 801. The summed E-state index contributed by atoms with van der Waals surface area (Å²) in [5.41, 5.74) is 1.71. The van der Waals surface area contributed by atoms with Crippen LogP contribution >= 0.6 is 0 Å². The summed E-state index contributed by atoms with van der Waals surface area (Å²) in [6, 6.07) is 12.2. The number of hydrogen-bond donors (Lipinski definition) is 2. The molecule has 0 aliphatic carbocycles. The molecule has 0 amide bonds. The molecular weight excluding hydrogens is 412 g/mol. The molecule has 2 rings (SSSR count). The zero-order valence-electron chi connectivity index (χ0n) is 20.4. The van der Waals surface area contributed by atoms with E-state index in [1.54, 1.807) is 6.07 Å². The Balaban J connectivity index is 1.68. The highest BCUT2D eigenvalue weighted by Crippen LogP contribution is 2.29. The fourth-order valence-corrected chi connectivity index (χ4v) is 4.23. The number of carbonyl (C=O) groups excluding carboxylic acids is 1. The quantitative estimate of drug-likeness (QED) is 0.187. The van der Waals surface area contributed by atoms with Crippen molar-refractivity contribution in [2.24, 2.45) is 0 Å². The second-order valence-corrected chi connectivity index (χ2v) is 9.05. The van der Waals surface area contributed by atoms with Gasteiger partial charge in [0.15, 0.2) is 0 Å². The smallest absolute Gasteiger partial charge is 0.342 e. The molecule has 4 heteroatoms. The first-order valence-electron chi connectivity index (χ1n) is 12.9. The molecule has 0 radical (unpaired) electrons. The van der Waals surface area contributed by atoms with E-state index in [1.807, 2.05) is 30.3 Å². The molecule has 33 heavy (non-hydrogen) atoms. The van der Waals surface area contributed by atoms with E-state index in [1.165, 1.54) is 76.7 Å². The van der Waals surface area contributed by atoms with Gasteiger partial charge in [-0.3, -0.25) is 0 Å². The molecule has 0 fully saturated rings. The van der Waals surface area contributed by atoms with Crippen molar-refractivity contribution in [3.05, 3.63) is 59.2 Å². The van der Waals surface area contributed by atoms with Gasteiger partial charge >= 0.3 is 5.97 Å². The van der Waals surface area contributed by atoms with E-state index in [0.29, 0.717) is 12.0 Å². The second-order valence-electron chi connectivity index (χ2n) is 9.05. The number of phenolic OH excluding ortho intramolecular Hbond substituents is 2. The molecule has 0 aliphatic rings. The number of aromatic hydroxyl groups is 2. The molecule has 0 saturated carbocycles. The minimum Gasteiger partial charge on any atom is -0.508 e. The van der Waals surface area contributed by atoms with Gasteiger partial charge in [0.25, 0.3) is 0 Å². The van der Waals surface area contributed by atoms with Crippen molar-refractivity contribution < 1.29 is 19.7 Å². The van der Waals surface area contributed by atoms with Crippen molar-refractivity contribution in [2.45, 2.75) is 103 Å². The molecular formula is C29H42O4. The lowest BCUT2D eigenvalue weighted by molar-refractivity contribution is 0.0468. The SMILES string of the molecule is CCCCCCCCCCCCCCCc1cc(O)cc(O)c1C(=O)OCc1ccccc1. The van der Waals surface area contributed by atoms with Crippen LogP contribution in [0.1, 0.15) is 112 Å². The van der Waals surface area contributed by atoms with Gasteiger partial charge in [-0.25, -0.2) is 4.79 Å². The zero-order valence-corrected chi connectivity index (χ0v) is 20.4. The number of ether oxygens (including phenoxy) is 1. The summed E-state index contributed by atoms with van der Waals surface area (Å²) in [5, 5.41) is 20.2. The highest BCUT2D eigenvalue weighted by Gasteiger charge is 2.19. The Hall–Kier alpha value is -2.49. The van der Waals surface area contributed by atoms with Crippen LogP contribution < -0.4 is 0 Å². The number of esters is 1. The van der Waals surface area contributed by atoms with Crippen molar-refractivity contribution in [3.8, 4) is 11.5 Å². The Morgan fingerprint density at radius 2 is 1.30 bits per heavy atom. The normalized spacial score (nSPS) is 10.9. The highest BCUT2D eigenvalue weighted by molar-refractivity contribution is 5.94. The summed E-state index contributed by atoms with van der Waals surface area (Å²) in [4.78, 5) is 12.6. The molecule has 2 aromatic carbocycles. The Morgan fingerprint density at radius 3 is 1.88 bits per heavy atom. The maximum absolute atomic E-state index is 12.6. The van der Waals surface area contributed by atoms with Gasteiger partial charge in [0.1, 0.15) is 23.7 Å². The average molecular weight is 455 g/mol. The van der Waals surface area contributed by atoms with Crippen molar-refractivity contribution in [2.75, 3.05) is 0 Å². The van der Waals surface area contributed by atoms with Gasteiger partial charge in [-0.1, -0.05) is 114 Å². The number of rotatable bonds is 17. The van der Waals surface area contributed by atoms with Crippen LogP contribution in [0.4, 0.5) is 0 Å². The molecule has 0 atom stereocenters. The van der Waals surface area contributed by atoms with Crippen LogP contribution in [0.3, 0.4) is 0 Å². The highest BCUT2D eigenvalue weighted by atomic mass is 16.5. The van der Waals surface area contributed by atoms with Gasteiger partial charge in [0.2, 0.25) is 0 Å². The molecule has 4 nitrogen and oxygen atoms in total. The second kappa shape index (κ2) is 16.2. The first-order chi connectivity index (χ1) is 16.1.